The van der Waals surface area contributed by atoms with E-state index in [1.165, 1.54) is 0 Å². The van der Waals surface area contributed by atoms with Crippen molar-refractivity contribution in [1.29, 1.82) is 0 Å². The maximum absolute atomic E-state index is 6.06. The molecule has 2 heterocycles. The molecule has 1 aromatic heterocycles. The van der Waals surface area contributed by atoms with Crippen molar-refractivity contribution in [2.45, 2.75) is 25.9 Å². The summed E-state index contributed by atoms with van der Waals surface area (Å²) in [6, 6.07) is 6.04. The number of anilines is 1. The smallest absolute Gasteiger partial charge is 0.153 e. The molecule has 1 atom stereocenters. The lowest BCUT2D eigenvalue weighted by Gasteiger charge is -2.13. The summed E-state index contributed by atoms with van der Waals surface area (Å²) in [7, 11) is 1.66. The van der Waals surface area contributed by atoms with E-state index in [1.54, 1.807) is 7.11 Å². The van der Waals surface area contributed by atoms with E-state index in [0.29, 0.717) is 5.82 Å². The fourth-order valence-electron chi connectivity index (χ4n) is 2.71. The molecule has 0 aliphatic carbocycles. The van der Waals surface area contributed by atoms with Crippen LogP contribution in [0, 0.1) is 6.92 Å². The van der Waals surface area contributed by atoms with Gasteiger partial charge in [0.05, 0.1) is 24.5 Å². The van der Waals surface area contributed by atoms with Crippen LogP contribution in [0.2, 0.25) is 0 Å². The van der Waals surface area contributed by atoms with Gasteiger partial charge >= 0.3 is 0 Å². The van der Waals surface area contributed by atoms with E-state index in [4.69, 9.17) is 15.2 Å². The van der Waals surface area contributed by atoms with E-state index in [9.17, 15) is 0 Å². The molecule has 2 aromatic rings. The largest absolute Gasteiger partial charge is 0.496 e. The second kappa shape index (κ2) is 5.17. The Morgan fingerprint density at radius 3 is 3.00 bits per heavy atom. The Kier molecular flexibility index (Phi) is 3.36. The van der Waals surface area contributed by atoms with Crippen LogP contribution >= 0.6 is 0 Å². The van der Waals surface area contributed by atoms with Gasteiger partial charge in [0.2, 0.25) is 0 Å². The van der Waals surface area contributed by atoms with E-state index in [0.717, 1.165) is 47.6 Å². The average molecular weight is 273 g/mol. The van der Waals surface area contributed by atoms with Crippen LogP contribution in [-0.4, -0.2) is 23.9 Å². The minimum Gasteiger partial charge on any atom is -0.496 e. The molecular formula is C15H19N3O2. The molecule has 5 nitrogen and oxygen atoms in total. The molecule has 20 heavy (non-hydrogen) atoms. The lowest BCUT2D eigenvalue weighted by Crippen LogP contribution is -2.00. The van der Waals surface area contributed by atoms with Gasteiger partial charge in [0.15, 0.2) is 5.82 Å². The van der Waals surface area contributed by atoms with Crippen LogP contribution < -0.4 is 10.5 Å². The third-order valence-corrected chi connectivity index (χ3v) is 3.70. The number of H-pyrrole nitrogens is 1. The first-order valence-electron chi connectivity index (χ1n) is 6.81. The van der Waals surface area contributed by atoms with Gasteiger partial charge < -0.3 is 15.2 Å². The molecule has 0 radical (unpaired) electrons. The van der Waals surface area contributed by atoms with Gasteiger partial charge in [-0.15, -0.1) is 0 Å². The number of nitrogens with zero attached hydrogens (tertiary/aromatic N) is 1. The Balaban J connectivity index is 2.14. The Morgan fingerprint density at radius 2 is 2.30 bits per heavy atom. The van der Waals surface area contributed by atoms with E-state index in [1.807, 2.05) is 19.1 Å². The van der Waals surface area contributed by atoms with Crippen molar-refractivity contribution in [2.75, 3.05) is 19.5 Å². The van der Waals surface area contributed by atoms with Crippen LogP contribution in [0.3, 0.4) is 0 Å². The summed E-state index contributed by atoms with van der Waals surface area (Å²) in [5.74, 6) is 1.28. The molecule has 5 heteroatoms. The normalized spacial score (nSPS) is 18.4. The predicted octanol–water partition coefficient (Wildman–Crippen LogP) is 2.83. The van der Waals surface area contributed by atoms with Crippen LogP contribution in [0.25, 0.3) is 11.1 Å². The first-order chi connectivity index (χ1) is 9.70. The number of aromatic amines is 1. The van der Waals surface area contributed by atoms with Crippen LogP contribution in [0.1, 0.15) is 30.2 Å². The van der Waals surface area contributed by atoms with Gasteiger partial charge in [-0.05, 0) is 31.9 Å². The first kappa shape index (κ1) is 13.0. The number of aryl methyl sites for hydroxylation is 1. The predicted molar refractivity (Wildman–Crippen MR) is 77.7 cm³/mol. The van der Waals surface area contributed by atoms with Crippen molar-refractivity contribution in [3.8, 4) is 16.9 Å². The van der Waals surface area contributed by atoms with E-state index >= 15 is 0 Å². The standard InChI is InChI=1S/C15H19N3O2/c1-9-5-6-11(19-2)10(8-9)13-14(17-18-15(13)16)12-4-3-7-20-12/h5-6,8,12H,3-4,7H2,1-2H3,(H3,16,17,18). The summed E-state index contributed by atoms with van der Waals surface area (Å²) in [6.07, 6.45) is 2.09. The number of benzene rings is 1. The van der Waals surface area contributed by atoms with Gasteiger partial charge in [0.1, 0.15) is 5.75 Å². The molecule has 1 aliphatic rings. The number of rotatable bonds is 3. The van der Waals surface area contributed by atoms with Crippen molar-refractivity contribution in [2.24, 2.45) is 0 Å². The molecule has 0 amide bonds. The molecule has 1 aliphatic heterocycles. The number of methoxy groups -OCH3 is 1. The third-order valence-electron chi connectivity index (χ3n) is 3.70. The summed E-state index contributed by atoms with van der Waals surface area (Å²) in [5, 5.41) is 7.19. The number of hydrogen-bond acceptors (Lipinski definition) is 4. The number of nitrogens with two attached hydrogens (primary N) is 1. The molecule has 106 valence electrons. The molecule has 3 rings (SSSR count). The molecular weight excluding hydrogens is 254 g/mol. The highest BCUT2D eigenvalue weighted by molar-refractivity contribution is 5.81. The fourth-order valence-corrected chi connectivity index (χ4v) is 2.71. The van der Waals surface area contributed by atoms with Crippen molar-refractivity contribution < 1.29 is 9.47 Å². The summed E-state index contributed by atoms with van der Waals surface area (Å²) in [4.78, 5) is 0. The van der Waals surface area contributed by atoms with Gasteiger partial charge in [-0.1, -0.05) is 11.6 Å². The van der Waals surface area contributed by atoms with Gasteiger partial charge in [0.25, 0.3) is 0 Å². The molecule has 1 aromatic carbocycles. The number of nitrogen functional groups attached to an aromatic ring is 1. The zero-order valence-electron chi connectivity index (χ0n) is 11.8. The summed E-state index contributed by atoms with van der Waals surface area (Å²) in [6.45, 7) is 2.83. The number of nitrogens with one attached hydrogen (secondary N) is 1. The summed E-state index contributed by atoms with van der Waals surface area (Å²) >= 11 is 0. The minimum absolute atomic E-state index is 0.0417. The van der Waals surface area contributed by atoms with Crippen molar-refractivity contribution in [3.63, 3.8) is 0 Å². The Hall–Kier alpha value is -2.01. The topological polar surface area (TPSA) is 73.2 Å². The number of ether oxygens (including phenoxy) is 2. The Morgan fingerprint density at radius 1 is 1.45 bits per heavy atom. The lowest BCUT2D eigenvalue weighted by atomic mass is 9.99. The van der Waals surface area contributed by atoms with Crippen molar-refractivity contribution >= 4 is 5.82 Å². The van der Waals surface area contributed by atoms with Gasteiger partial charge in [-0.3, -0.25) is 5.10 Å². The van der Waals surface area contributed by atoms with Crippen LogP contribution in [-0.2, 0) is 4.74 Å². The second-order valence-electron chi connectivity index (χ2n) is 5.10. The first-order valence-corrected chi connectivity index (χ1v) is 6.81. The highest BCUT2D eigenvalue weighted by Crippen LogP contribution is 2.41. The number of hydrogen-bond donors (Lipinski definition) is 2. The maximum atomic E-state index is 6.06. The van der Waals surface area contributed by atoms with Crippen LogP contribution in [0.15, 0.2) is 18.2 Å². The quantitative estimate of drug-likeness (QED) is 0.902. The number of aromatic nitrogens is 2. The minimum atomic E-state index is 0.0417. The summed E-state index contributed by atoms with van der Waals surface area (Å²) in [5.41, 5.74) is 10.0. The average Bonchev–Trinajstić information content (AvgIpc) is 3.07. The van der Waals surface area contributed by atoms with E-state index in [2.05, 4.69) is 16.3 Å². The SMILES string of the molecule is COc1ccc(C)cc1-c1c(N)n[nH]c1C1CCCO1. The van der Waals surface area contributed by atoms with Crippen LogP contribution in [0.5, 0.6) is 5.75 Å². The lowest BCUT2D eigenvalue weighted by molar-refractivity contribution is 0.109. The van der Waals surface area contributed by atoms with Crippen molar-refractivity contribution in [3.05, 3.63) is 29.5 Å². The second-order valence-corrected chi connectivity index (χ2v) is 5.10. The molecule has 3 N–H and O–H groups in total. The maximum Gasteiger partial charge on any atom is 0.153 e. The highest BCUT2D eigenvalue weighted by atomic mass is 16.5. The van der Waals surface area contributed by atoms with Gasteiger partial charge in [0, 0.05) is 12.2 Å². The van der Waals surface area contributed by atoms with Crippen LogP contribution in [0.4, 0.5) is 5.82 Å². The third kappa shape index (κ3) is 2.14. The zero-order chi connectivity index (χ0) is 14.1. The molecule has 0 bridgehead atoms. The Labute approximate surface area is 118 Å². The van der Waals surface area contributed by atoms with E-state index in [-0.39, 0.29) is 6.10 Å². The van der Waals surface area contributed by atoms with Gasteiger partial charge in [-0.2, -0.15) is 5.10 Å². The zero-order valence-corrected chi connectivity index (χ0v) is 11.8. The molecule has 1 unspecified atom stereocenters. The molecule has 0 spiro atoms. The highest BCUT2D eigenvalue weighted by Gasteiger charge is 2.26. The van der Waals surface area contributed by atoms with E-state index < -0.39 is 0 Å². The molecule has 1 fully saturated rings. The molecule has 0 saturated carbocycles. The summed E-state index contributed by atoms with van der Waals surface area (Å²) < 4.78 is 11.2. The monoisotopic (exact) mass is 273 g/mol. The molecule has 1 saturated heterocycles. The fraction of sp³-hybridized carbons (Fsp3) is 0.400. The Bertz CT molecular complexity index is 616. The van der Waals surface area contributed by atoms with Gasteiger partial charge in [-0.25, -0.2) is 0 Å². The van der Waals surface area contributed by atoms with Crippen molar-refractivity contribution in [1.82, 2.24) is 10.2 Å².